The third kappa shape index (κ3) is 2.88. The van der Waals surface area contributed by atoms with Crippen LogP contribution < -0.4 is 4.74 Å². The van der Waals surface area contributed by atoms with Gasteiger partial charge in [-0.1, -0.05) is 24.3 Å². The molecule has 2 aromatic carbocycles. The Morgan fingerprint density at radius 2 is 1.96 bits per heavy atom. The van der Waals surface area contributed by atoms with E-state index in [1.807, 2.05) is 48.5 Å². The molecule has 0 aliphatic heterocycles. The van der Waals surface area contributed by atoms with Gasteiger partial charge >= 0.3 is 5.82 Å². The predicted molar refractivity (Wildman–Crippen MR) is 95.8 cm³/mol. The van der Waals surface area contributed by atoms with Gasteiger partial charge < -0.3 is 19.8 Å². The second kappa shape index (κ2) is 6.32. The van der Waals surface area contributed by atoms with Gasteiger partial charge in [-0.15, -0.1) is 4.68 Å². The number of rotatable bonds is 5. The fraction of sp³-hybridized carbons (Fsp3) is 0.111. The highest BCUT2D eigenvalue weighted by molar-refractivity contribution is 5.80. The molecule has 26 heavy (non-hydrogen) atoms. The molecule has 0 bridgehead atoms. The van der Waals surface area contributed by atoms with Gasteiger partial charge in [0.15, 0.2) is 0 Å². The molecule has 0 amide bonds. The summed E-state index contributed by atoms with van der Waals surface area (Å²) in [4.78, 5) is 18.2. The number of benzene rings is 2. The van der Waals surface area contributed by atoms with Crippen LogP contribution >= 0.6 is 0 Å². The normalized spacial score (nSPS) is 11.0. The van der Waals surface area contributed by atoms with Gasteiger partial charge in [-0.2, -0.15) is 0 Å². The van der Waals surface area contributed by atoms with Gasteiger partial charge in [0, 0.05) is 0 Å². The zero-order chi connectivity index (χ0) is 18.1. The van der Waals surface area contributed by atoms with Crippen LogP contribution in [-0.4, -0.2) is 24.7 Å². The lowest BCUT2D eigenvalue weighted by Gasteiger charge is -2.09. The molecule has 2 heterocycles. The fourth-order valence-corrected chi connectivity index (χ4v) is 2.71. The molecule has 0 saturated carbocycles. The van der Waals surface area contributed by atoms with E-state index in [4.69, 9.17) is 4.74 Å². The number of imidazole rings is 1. The maximum absolute atomic E-state index is 10.8. The van der Waals surface area contributed by atoms with Crippen molar-refractivity contribution >= 4 is 16.9 Å². The summed E-state index contributed by atoms with van der Waals surface area (Å²) < 4.78 is 7.32. The highest BCUT2D eigenvalue weighted by Gasteiger charge is 2.16. The summed E-state index contributed by atoms with van der Waals surface area (Å²) in [6.07, 6.45) is 0. The summed E-state index contributed by atoms with van der Waals surface area (Å²) in [5.74, 6) is 1.12. The van der Waals surface area contributed by atoms with Crippen LogP contribution in [-0.2, 0) is 6.73 Å². The summed E-state index contributed by atoms with van der Waals surface area (Å²) in [5, 5.41) is 14.8. The number of H-pyrrole nitrogens is 1. The van der Waals surface area contributed by atoms with Crippen LogP contribution in [0.5, 0.6) is 5.75 Å². The summed E-state index contributed by atoms with van der Waals surface area (Å²) in [5.41, 5.74) is 3.27. The van der Waals surface area contributed by atoms with Gasteiger partial charge in [-0.05, 0) is 36.1 Å². The number of aromatic amines is 1. The van der Waals surface area contributed by atoms with Crippen molar-refractivity contribution < 1.29 is 9.66 Å². The van der Waals surface area contributed by atoms with Crippen LogP contribution in [0.4, 0.5) is 5.82 Å². The zero-order valence-electron chi connectivity index (χ0n) is 13.9. The van der Waals surface area contributed by atoms with E-state index >= 15 is 0 Å². The van der Waals surface area contributed by atoms with Crippen molar-refractivity contribution in [3.8, 4) is 17.1 Å². The Balaban J connectivity index is 1.63. The SMILES string of the molecule is Cc1cc([N+](=O)[O-])nn1COc1ccccc1-c1nc2ccccc2[nH]1. The first-order chi connectivity index (χ1) is 12.6. The van der Waals surface area contributed by atoms with Crippen molar-refractivity contribution in [1.29, 1.82) is 0 Å². The largest absolute Gasteiger partial charge is 0.469 e. The summed E-state index contributed by atoms with van der Waals surface area (Å²) in [6, 6.07) is 16.7. The first kappa shape index (κ1) is 15.8. The number of hydrogen-bond acceptors (Lipinski definition) is 5. The molecule has 0 saturated heterocycles. The zero-order valence-corrected chi connectivity index (χ0v) is 13.9. The maximum atomic E-state index is 10.8. The number of hydrogen-bond donors (Lipinski definition) is 1. The molecular weight excluding hydrogens is 334 g/mol. The quantitative estimate of drug-likeness (QED) is 0.438. The lowest BCUT2D eigenvalue weighted by Crippen LogP contribution is -2.09. The van der Waals surface area contributed by atoms with E-state index in [-0.39, 0.29) is 12.5 Å². The second-order valence-corrected chi connectivity index (χ2v) is 5.77. The number of nitrogens with zero attached hydrogens (tertiary/aromatic N) is 4. The predicted octanol–water partition coefficient (Wildman–Crippen LogP) is 3.68. The molecule has 0 unspecified atom stereocenters. The van der Waals surface area contributed by atoms with E-state index < -0.39 is 4.92 Å². The minimum atomic E-state index is -0.522. The third-order valence-corrected chi connectivity index (χ3v) is 4.03. The number of ether oxygens (including phenoxy) is 1. The molecule has 4 rings (SSSR count). The number of nitro groups is 1. The Bertz CT molecular complexity index is 1070. The average molecular weight is 349 g/mol. The molecule has 0 aliphatic carbocycles. The number of aromatic nitrogens is 4. The van der Waals surface area contributed by atoms with E-state index in [1.165, 1.54) is 10.7 Å². The lowest BCUT2D eigenvalue weighted by atomic mass is 10.2. The second-order valence-electron chi connectivity index (χ2n) is 5.77. The van der Waals surface area contributed by atoms with E-state index in [0.717, 1.165) is 16.6 Å². The van der Waals surface area contributed by atoms with Crippen LogP contribution in [0.3, 0.4) is 0 Å². The van der Waals surface area contributed by atoms with Gasteiger partial charge in [0.05, 0.1) is 33.5 Å². The molecule has 0 fully saturated rings. The number of fused-ring (bicyclic) bond motifs is 1. The molecule has 130 valence electrons. The summed E-state index contributed by atoms with van der Waals surface area (Å²) in [6.45, 7) is 1.81. The first-order valence-electron chi connectivity index (χ1n) is 7.97. The van der Waals surface area contributed by atoms with Crippen LogP contribution in [0, 0.1) is 17.0 Å². The highest BCUT2D eigenvalue weighted by atomic mass is 16.6. The molecule has 2 aromatic heterocycles. The minimum Gasteiger partial charge on any atom is -0.469 e. The Hall–Kier alpha value is -3.68. The number of nitrogens with one attached hydrogen (secondary N) is 1. The average Bonchev–Trinajstić information content (AvgIpc) is 3.23. The molecule has 0 aliphatic rings. The van der Waals surface area contributed by atoms with E-state index in [1.54, 1.807) is 6.92 Å². The third-order valence-electron chi connectivity index (χ3n) is 4.03. The molecule has 4 aromatic rings. The van der Waals surface area contributed by atoms with Crippen LogP contribution in [0.2, 0.25) is 0 Å². The highest BCUT2D eigenvalue weighted by Crippen LogP contribution is 2.29. The van der Waals surface area contributed by atoms with Crippen LogP contribution in [0.25, 0.3) is 22.4 Å². The van der Waals surface area contributed by atoms with Crippen molar-refractivity contribution in [2.24, 2.45) is 0 Å². The molecule has 0 radical (unpaired) electrons. The summed E-state index contributed by atoms with van der Waals surface area (Å²) >= 11 is 0. The molecule has 0 atom stereocenters. The Morgan fingerprint density at radius 3 is 2.73 bits per heavy atom. The number of aryl methyl sites for hydroxylation is 1. The van der Waals surface area contributed by atoms with Crippen molar-refractivity contribution in [3.05, 3.63) is 70.4 Å². The Morgan fingerprint density at radius 1 is 1.19 bits per heavy atom. The molecular formula is C18H15N5O3. The molecule has 1 N–H and O–H groups in total. The van der Waals surface area contributed by atoms with Crippen molar-refractivity contribution in [3.63, 3.8) is 0 Å². The van der Waals surface area contributed by atoms with Crippen LogP contribution in [0.1, 0.15) is 5.69 Å². The molecule has 0 spiro atoms. The minimum absolute atomic E-state index is 0.0664. The molecule has 8 heteroatoms. The van der Waals surface area contributed by atoms with Gasteiger partial charge in [0.25, 0.3) is 0 Å². The lowest BCUT2D eigenvalue weighted by molar-refractivity contribution is -0.389. The first-order valence-corrected chi connectivity index (χ1v) is 7.97. The Kier molecular flexibility index (Phi) is 3.85. The van der Waals surface area contributed by atoms with Gasteiger partial charge in [0.1, 0.15) is 11.6 Å². The monoisotopic (exact) mass is 349 g/mol. The fourth-order valence-electron chi connectivity index (χ4n) is 2.71. The number of para-hydroxylation sites is 3. The van der Waals surface area contributed by atoms with E-state index in [0.29, 0.717) is 17.3 Å². The van der Waals surface area contributed by atoms with Crippen molar-refractivity contribution in [1.82, 2.24) is 19.7 Å². The standard InChI is InChI=1S/C18H15N5O3/c1-12-10-17(23(24)25)21-22(12)11-26-16-9-5-2-6-13(16)18-19-14-7-3-4-8-15(14)20-18/h2-10H,11H2,1H3,(H,19,20). The van der Waals surface area contributed by atoms with Gasteiger partial charge in [-0.25, -0.2) is 4.98 Å². The van der Waals surface area contributed by atoms with E-state index in [2.05, 4.69) is 15.1 Å². The Labute approximate surface area is 148 Å². The van der Waals surface area contributed by atoms with Gasteiger partial charge in [0.2, 0.25) is 6.73 Å². The van der Waals surface area contributed by atoms with E-state index in [9.17, 15) is 10.1 Å². The van der Waals surface area contributed by atoms with Crippen molar-refractivity contribution in [2.75, 3.05) is 0 Å². The topological polar surface area (TPSA) is 98.9 Å². The van der Waals surface area contributed by atoms with Crippen molar-refractivity contribution in [2.45, 2.75) is 13.7 Å². The van der Waals surface area contributed by atoms with Crippen LogP contribution in [0.15, 0.2) is 54.6 Å². The van der Waals surface area contributed by atoms with Gasteiger partial charge in [-0.3, -0.25) is 0 Å². The summed E-state index contributed by atoms with van der Waals surface area (Å²) in [7, 11) is 0. The smallest absolute Gasteiger partial charge is 0.390 e. The maximum Gasteiger partial charge on any atom is 0.390 e. The molecule has 8 nitrogen and oxygen atoms in total.